The van der Waals surface area contributed by atoms with Crippen LogP contribution in [0.25, 0.3) is 0 Å². The lowest BCUT2D eigenvalue weighted by molar-refractivity contribution is -0.382. The first-order chi connectivity index (χ1) is 48.2. The first-order valence-corrected chi connectivity index (χ1v) is 39.0. The highest BCUT2D eigenvalue weighted by Crippen LogP contribution is 2.49. The van der Waals surface area contributed by atoms with Gasteiger partial charge in [0.1, 0.15) is 79.5 Å². The standard InChI is InChI=1S/C72H129N2O25P/c1-6-8-10-12-14-16-18-20-22-24-26-28-30-32-34-43-59(80)91-50-55(95-60(81)44-35-33-31-29-27-25-23-21-19-17-15-13-11-9-7-2)51-93-100(88,89-5)92-47-38-41-54(78)40-36-37-42-58(79)73-45-39-46-90-70-61(74-53(4)77)64(84)68(57(49-76)97-70)98-72-69(66(86)63(83)56(48-75)96-72)99-71-67(87)65(85)62(82)52(3)94-71/h20-23,52,55-57,61-72,75-76,82-87H,6-19,24-51H2,1-5H3,(H,73,79)(H,74,77)/b22-20+,23-21-/t52?,55-,56?,57-,61?,62+,63-,64?,65-,66-,67?,68+,69?,70+,71-,72-,100?/m0/s1. The fourth-order valence-corrected chi connectivity index (χ4v) is 12.9. The van der Waals surface area contributed by atoms with Gasteiger partial charge in [-0.1, -0.05) is 141 Å². The van der Waals surface area contributed by atoms with Gasteiger partial charge in [-0.15, -0.1) is 0 Å². The maximum Gasteiger partial charge on any atom is 0.474 e. The van der Waals surface area contributed by atoms with Crippen molar-refractivity contribution in [3.63, 3.8) is 0 Å². The summed E-state index contributed by atoms with van der Waals surface area (Å²) in [4.78, 5) is 63.8. The summed E-state index contributed by atoms with van der Waals surface area (Å²) in [6.07, 6.45) is 16.7. The number of carbonyl (C=O) groups is 5. The largest absolute Gasteiger partial charge is 0.474 e. The molecule has 3 saturated heterocycles. The summed E-state index contributed by atoms with van der Waals surface area (Å²) < 4.78 is 75.9. The van der Waals surface area contributed by atoms with Crippen LogP contribution in [-0.4, -0.2) is 222 Å². The molecule has 0 bridgehead atoms. The molecule has 100 heavy (non-hydrogen) atoms. The van der Waals surface area contributed by atoms with Gasteiger partial charge in [-0.05, 0) is 96.8 Å². The van der Waals surface area contributed by atoms with E-state index in [2.05, 4.69) is 48.8 Å². The van der Waals surface area contributed by atoms with Crippen LogP contribution in [0.15, 0.2) is 24.3 Å². The van der Waals surface area contributed by atoms with Crippen LogP contribution in [0, 0.1) is 0 Å². The second-order valence-corrected chi connectivity index (χ2v) is 28.5. The lowest BCUT2D eigenvalue weighted by atomic mass is 9.95. The van der Waals surface area contributed by atoms with Gasteiger partial charge >= 0.3 is 19.8 Å². The number of phosphoric ester groups is 1. The van der Waals surface area contributed by atoms with Crippen molar-refractivity contribution in [3.05, 3.63) is 24.3 Å². The summed E-state index contributed by atoms with van der Waals surface area (Å²) in [6, 6.07) is -1.34. The molecule has 27 nitrogen and oxygen atoms in total. The molecular weight excluding hydrogens is 1320 g/mol. The van der Waals surface area contributed by atoms with Crippen molar-refractivity contribution in [1.82, 2.24) is 10.6 Å². The van der Waals surface area contributed by atoms with Gasteiger partial charge in [0.2, 0.25) is 11.8 Å². The van der Waals surface area contributed by atoms with E-state index in [1.54, 1.807) is 0 Å². The predicted octanol–water partition coefficient (Wildman–Crippen LogP) is 8.36. The lowest BCUT2D eigenvalue weighted by Gasteiger charge is -2.49. The zero-order valence-electron chi connectivity index (χ0n) is 60.7. The Labute approximate surface area is 594 Å². The van der Waals surface area contributed by atoms with Gasteiger partial charge in [0.05, 0.1) is 39.1 Å². The number of nitrogens with one attached hydrogen (secondary N) is 2. The average Bonchev–Trinajstić information content (AvgIpc) is 0.775. The van der Waals surface area contributed by atoms with Crippen molar-refractivity contribution in [2.45, 2.75) is 351 Å². The molecule has 3 heterocycles. The first kappa shape index (κ1) is 90.8. The third-order valence-corrected chi connectivity index (χ3v) is 19.4. The monoisotopic (exact) mass is 1450 g/mol. The highest BCUT2D eigenvalue weighted by atomic mass is 31.2. The molecule has 7 unspecified atom stereocenters. The van der Waals surface area contributed by atoms with Crippen LogP contribution in [0.4, 0.5) is 0 Å². The zero-order chi connectivity index (χ0) is 73.3. The molecular formula is C72H129N2O25P. The Morgan fingerprint density at radius 3 is 1.57 bits per heavy atom. The molecule has 0 saturated carbocycles. The fourth-order valence-electron chi connectivity index (χ4n) is 11.9. The molecule has 0 aromatic rings. The van der Waals surface area contributed by atoms with E-state index in [1.165, 1.54) is 90.9 Å². The number of Topliss-reactive ketones (excluding diaryl/α,β-unsaturated/α-hetero) is 1. The molecule has 582 valence electrons. The molecule has 28 heteroatoms. The second-order valence-electron chi connectivity index (χ2n) is 26.7. The minimum absolute atomic E-state index is 0.0713. The minimum atomic E-state index is -4.20. The van der Waals surface area contributed by atoms with Gasteiger partial charge in [-0.25, -0.2) is 4.57 Å². The molecule has 3 aliphatic rings. The number of esters is 2. The molecule has 0 aromatic heterocycles. The van der Waals surface area contributed by atoms with Crippen LogP contribution in [0.3, 0.4) is 0 Å². The van der Waals surface area contributed by atoms with E-state index in [9.17, 15) is 69.4 Å². The van der Waals surface area contributed by atoms with Gasteiger partial charge in [-0.3, -0.25) is 37.5 Å². The molecule has 0 aromatic carbocycles. The summed E-state index contributed by atoms with van der Waals surface area (Å²) >= 11 is 0. The highest BCUT2D eigenvalue weighted by molar-refractivity contribution is 7.48. The number of allylic oxidation sites excluding steroid dienone is 4. The number of ketones is 1. The number of phosphoric acid groups is 1. The first-order valence-electron chi connectivity index (χ1n) is 37.6. The van der Waals surface area contributed by atoms with Crippen molar-refractivity contribution in [1.29, 1.82) is 0 Å². The van der Waals surface area contributed by atoms with E-state index in [0.29, 0.717) is 25.7 Å². The second kappa shape index (κ2) is 55.1. The number of unbranched alkanes of at least 4 members (excludes halogenated alkanes) is 23. The van der Waals surface area contributed by atoms with E-state index in [4.69, 9.17) is 51.5 Å². The molecule has 0 aliphatic carbocycles. The van der Waals surface area contributed by atoms with Gasteiger partial charge < -0.3 is 89.4 Å². The third kappa shape index (κ3) is 38.0. The number of ether oxygens (including phenoxy) is 8. The third-order valence-electron chi connectivity index (χ3n) is 18.0. The van der Waals surface area contributed by atoms with E-state index in [0.717, 1.165) is 84.2 Å². The van der Waals surface area contributed by atoms with Gasteiger partial charge in [-0.2, -0.15) is 0 Å². The Hall–Kier alpha value is -3.42. The SMILES string of the molecule is CCCCCCCC/C=C\CCCCCCCC(=O)O[C@@H](COC(=O)CCCCCCC/C=C/CCCCCCCC)COP(=O)(OC)OCCCC(=O)CCCCC(=O)NCCCO[C@@H]1O[C@@H](CO)[C@@H](O[C@@H]2OC(CO)[C@H](O)[C@H](O)C2O[C@@H]2OC(C)[C@@H](O)[C@H](O)C2O)C(O)C1NC(C)=O. The topological polar surface area (TPSA) is 390 Å². The van der Waals surface area contributed by atoms with Crippen LogP contribution in [0.5, 0.6) is 0 Å². The van der Waals surface area contributed by atoms with Gasteiger partial charge in [0.25, 0.3) is 0 Å². The smallest absolute Gasteiger partial charge is 0.462 e. The number of aliphatic hydroxyl groups excluding tert-OH is 8. The maximum atomic E-state index is 13.5. The Balaban J connectivity index is 1.39. The summed E-state index contributed by atoms with van der Waals surface area (Å²) in [7, 11) is -3.05. The Morgan fingerprint density at radius 1 is 0.500 bits per heavy atom. The summed E-state index contributed by atoms with van der Waals surface area (Å²) in [5.74, 6) is -1.95. The van der Waals surface area contributed by atoms with Gasteiger partial charge in [0, 0.05) is 52.7 Å². The zero-order valence-corrected chi connectivity index (χ0v) is 61.6. The van der Waals surface area contributed by atoms with Crippen molar-refractivity contribution >= 4 is 37.4 Å². The number of aliphatic hydroxyl groups is 8. The molecule has 3 aliphatic heterocycles. The molecule has 3 rings (SSSR count). The molecule has 10 N–H and O–H groups in total. The van der Waals surface area contributed by atoms with Crippen LogP contribution in [-0.2, 0) is 80.0 Å². The van der Waals surface area contributed by atoms with Crippen molar-refractivity contribution in [3.8, 4) is 0 Å². The molecule has 3 fully saturated rings. The lowest BCUT2D eigenvalue weighted by Crippen LogP contribution is -2.68. The predicted molar refractivity (Wildman–Crippen MR) is 372 cm³/mol. The maximum absolute atomic E-state index is 13.5. The van der Waals surface area contributed by atoms with Crippen molar-refractivity contribution < 1.29 is 121 Å². The Morgan fingerprint density at radius 2 is 1.01 bits per heavy atom. The van der Waals surface area contributed by atoms with Crippen LogP contribution in [0.2, 0.25) is 0 Å². The quantitative estimate of drug-likeness (QED) is 0.0118. The van der Waals surface area contributed by atoms with Crippen LogP contribution >= 0.6 is 7.82 Å². The molecule has 2 amide bonds. The Bertz CT molecular complexity index is 2290. The number of carbonyl (C=O) groups excluding carboxylic acids is 5. The number of hydrogen-bond acceptors (Lipinski definition) is 25. The van der Waals surface area contributed by atoms with Crippen molar-refractivity contribution in [2.75, 3.05) is 53.3 Å². The van der Waals surface area contributed by atoms with Crippen LogP contribution in [0.1, 0.15) is 252 Å². The number of hydrogen-bond donors (Lipinski definition) is 10. The summed E-state index contributed by atoms with van der Waals surface area (Å²) in [5.41, 5.74) is 0. The molecule has 17 atom stereocenters. The number of rotatable bonds is 59. The van der Waals surface area contributed by atoms with Crippen LogP contribution < -0.4 is 10.6 Å². The summed E-state index contributed by atoms with van der Waals surface area (Å²) in [5, 5.41) is 90.3. The average molecular weight is 1450 g/mol. The van der Waals surface area contributed by atoms with E-state index in [1.807, 2.05) is 0 Å². The van der Waals surface area contributed by atoms with E-state index in [-0.39, 0.29) is 83.0 Å². The molecule has 0 radical (unpaired) electrons. The van der Waals surface area contributed by atoms with Crippen molar-refractivity contribution in [2.24, 2.45) is 0 Å². The Kier molecular flexibility index (Phi) is 50.0. The van der Waals surface area contributed by atoms with E-state index >= 15 is 0 Å². The van der Waals surface area contributed by atoms with Gasteiger partial charge in [0.15, 0.2) is 25.0 Å². The number of amides is 2. The fraction of sp³-hybridized carbons (Fsp3) is 0.875. The normalized spacial score (nSPS) is 26.6. The van der Waals surface area contributed by atoms with E-state index < -0.39 is 144 Å². The summed E-state index contributed by atoms with van der Waals surface area (Å²) in [6.45, 7) is 4.58. The highest BCUT2D eigenvalue weighted by Gasteiger charge is 2.54. The minimum Gasteiger partial charge on any atom is -0.462 e. The molecule has 0 spiro atoms.